The van der Waals surface area contributed by atoms with Crippen LogP contribution in [0.1, 0.15) is 35.2 Å². The van der Waals surface area contributed by atoms with Crippen molar-refractivity contribution in [3.63, 3.8) is 0 Å². The summed E-state index contributed by atoms with van der Waals surface area (Å²) in [5.41, 5.74) is 1.13. The van der Waals surface area contributed by atoms with E-state index < -0.39 is 15.9 Å². The van der Waals surface area contributed by atoms with E-state index in [0.29, 0.717) is 29.9 Å². The van der Waals surface area contributed by atoms with Gasteiger partial charge in [-0.15, -0.1) is 0 Å². The molecule has 6 nitrogen and oxygen atoms in total. The summed E-state index contributed by atoms with van der Waals surface area (Å²) in [5, 5.41) is 11.6. The fourth-order valence-corrected chi connectivity index (χ4v) is 4.49. The molecule has 0 aromatic heterocycles. The molecule has 0 spiro atoms. The molecule has 1 saturated heterocycles. The van der Waals surface area contributed by atoms with Crippen LogP contribution < -0.4 is 5.32 Å². The zero-order chi connectivity index (χ0) is 18.6. The number of hydrogen-bond donors (Lipinski definition) is 1. The third-order valence-corrected chi connectivity index (χ3v) is 6.19. The summed E-state index contributed by atoms with van der Waals surface area (Å²) in [5.74, 6) is -0.394. The Kier molecular flexibility index (Phi) is 5.35. The van der Waals surface area contributed by atoms with Crippen molar-refractivity contribution >= 4 is 21.6 Å². The molecular formula is C19H19N3O3S. The van der Waals surface area contributed by atoms with Gasteiger partial charge in [0.2, 0.25) is 10.0 Å². The first-order chi connectivity index (χ1) is 12.5. The van der Waals surface area contributed by atoms with Crippen molar-refractivity contribution < 1.29 is 13.2 Å². The van der Waals surface area contributed by atoms with Crippen molar-refractivity contribution in [2.75, 3.05) is 18.4 Å². The van der Waals surface area contributed by atoms with E-state index in [2.05, 4.69) is 5.32 Å². The summed E-state index contributed by atoms with van der Waals surface area (Å²) < 4.78 is 27.0. The predicted octanol–water partition coefficient (Wildman–Crippen LogP) is 2.99. The van der Waals surface area contributed by atoms with Crippen LogP contribution in [0.25, 0.3) is 0 Å². The second-order valence-corrected chi connectivity index (χ2v) is 8.08. The molecular weight excluding hydrogens is 350 g/mol. The molecule has 1 amide bonds. The Bertz CT molecular complexity index is 958. The molecule has 1 N–H and O–H groups in total. The molecule has 0 radical (unpaired) electrons. The third kappa shape index (κ3) is 3.93. The number of sulfonamides is 1. The van der Waals surface area contributed by atoms with Crippen molar-refractivity contribution in [2.24, 2.45) is 0 Å². The SMILES string of the molecule is N#Cc1cccc(C(=O)Nc2cccc(S(=O)(=O)N3CCCCC3)c2)c1. The topological polar surface area (TPSA) is 90.3 Å². The van der Waals surface area contributed by atoms with Crippen LogP contribution in [0.5, 0.6) is 0 Å². The van der Waals surface area contributed by atoms with Gasteiger partial charge in [0.25, 0.3) is 5.91 Å². The Morgan fingerprint density at radius 2 is 1.77 bits per heavy atom. The monoisotopic (exact) mass is 369 g/mol. The molecule has 0 saturated carbocycles. The van der Waals surface area contributed by atoms with Crippen LogP contribution in [-0.4, -0.2) is 31.7 Å². The predicted molar refractivity (Wildman–Crippen MR) is 98.2 cm³/mol. The van der Waals surface area contributed by atoms with Crippen LogP contribution in [0.2, 0.25) is 0 Å². The highest BCUT2D eigenvalue weighted by atomic mass is 32.2. The van der Waals surface area contributed by atoms with Crippen molar-refractivity contribution in [3.05, 3.63) is 59.7 Å². The van der Waals surface area contributed by atoms with E-state index in [0.717, 1.165) is 19.3 Å². The van der Waals surface area contributed by atoms with E-state index in [1.165, 1.54) is 22.5 Å². The number of hydrogen-bond acceptors (Lipinski definition) is 4. The number of carbonyl (C=O) groups is 1. The minimum atomic E-state index is -3.56. The summed E-state index contributed by atoms with van der Waals surface area (Å²) in [6, 6.07) is 14.6. The molecule has 134 valence electrons. The van der Waals surface area contributed by atoms with Gasteiger partial charge in [-0.3, -0.25) is 4.79 Å². The summed E-state index contributed by atoms with van der Waals surface area (Å²) >= 11 is 0. The van der Waals surface area contributed by atoms with Crippen LogP contribution in [0, 0.1) is 11.3 Å². The highest BCUT2D eigenvalue weighted by Gasteiger charge is 2.26. The van der Waals surface area contributed by atoms with E-state index in [-0.39, 0.29) is 4.90 Å². The molecule has 2 aromatic carbocycles. The van der Waals surface area contributed by atoms with Crippen LogP contribution in [0.3, 0.4) is 0 Å². The molecule has 0 aliphatic carbocycles. The second-order valence-electron chi connectivity index (χ2n) is 6.14. The Hall–Kier alpha value is -2.69. The van der Waals surface area contributed by atoms with Crippen molar-refractivity contribution in [3.8, 4) is 6.07 Å². The molecule has 1 fully saturated rings. The summed E-state index contributed by atoms with van der Waals surface area (Å²) in [6.45, 7) is 1.06. The minimum absolute atomic E-state index is 0.169. The van der Waals surface area contributed by atoms with Gasteiger partial charge < -0.3 is 5.32 Å². The number of piperidine rings is 1. The number of carbonyl (C=O) groups excluding carboxylic acids is 1. The largest absolute Gasteiger partial charge is 0.322 e. The zero-order valence-corrected chi connectivity index (χ0v) is 15.0. The maximum Gasteiger partial charge on any atom is 0.255 e. The molecule has 26 heavy (non-hydrogen) atoms. The fourth-order valence-electron chi connectivity index (χ4n) is 2.92. The fraction of sp³-hybridized carbons (Fsp3) is 0.263. The summed E-state index contributed by atoms with van der Waals surface area (Å²) in [6.07, 6.45) is 2.78. The number of amides is 1. The maximum atomic E-state index is 12.8. The Morgan fingerprint density at radius 1 is 1.04 bits per heavy atom. The van der Waals surface area contributed by atoms with Gasteiger partial charge in [0, 0.05) is 24.3 Å². The smallest absolute Gasteiger partial charge is 0.255 e. The molecule has 0 atom stereocenters. The average molecular weight is 369 g/mol. The van der Waals surface area contributed by atoms with Gasteiger partial charge in [-0.25, -0.2) is 8.42 Å². The zero-order valence-electron chi connectivity index (χ0n) is 14.2. The average Bonchev–Trinajstić information content (AvgIpc) is 2.69. The number of nitrogens with zero attached hydrogens (tertiary/aromatic N) is 2. The number of benzene rings is 2. The van der Waals surface area contributed by atoms with Crippen molar-refractivity contribution in [1.82, 2.24) is 4.31 Å². The quantitative estimate of drug-likeness (QED) is 0.897. The first-order valence-corrected chi connectivity index (χ1v) is 9.86. The molecule has 1 aliphatic heterocycles. The van der Waals surface area contributed by atoms with Crippen molar-refractivity contribution in [2.45, 2.75) is 24.2 Å². The molecule has 0 bridgehead atoms. The van der Waals surface area contributed by atoms with Gasteiger partial charge in [-0.2, -0.15) is 9.57 Å². The van der Waals surface area contributed by atoms with Gasteiger partial charge >= 0.3 is 0 Å². The van der Waals surface area contributed by atoms with Crippen LogP contribution in [0.4, 0.5) is 5.69 Å². The lowest BCUT2D eigenvalue weighted by molar-refractivity contribution is 0.102. The van der Waals surface area contributed by atoms with E-state index in [9.17, 15) is 13.2 Å². The van der Waals surface area contributed by atoms with E-state index in [1.807, 2.05) is 6.07 Å². The highest BCUT2D eigenvalue weighted by Crippen LogP contribution is 2.23. The summed E-state index contributed by atoms with van der Waals surface area (Å²) in [7, 11) is -3.56. The van der Waals surface area contributed by atoms with E-state index in [4.69, 9.17) is 5.26 Å². The normalized spacial score (nSPS) is 15.2. The van der Waals surface area contributed by atoms with Gasteiger partial charge in [0.05, 0.1) is 16.5 Å². The van der Waals surface area contributed by atoms with Crippen molar-refractivity contribution in [1.29, 1.82) is 5.26 Å². The second kappa shape index (κ2) is 7.68. The number of rotatable bonds is 4. The standard InChI is InChI=1S/C19H19N3O3S/c20-14-15-6-4-7-16(12-15)19(23)21-17-8-5-9-18(13-17)26(24,25)22-10-2-1-3-11-22/h4-9,12-13H,1-3,10-11H2,(H,21,23). The maximum absolute atomic E-state index is 12.8. The van der Waals surface area contributed by atoms with E-state index in [1.54, 1.807) is 30.3 Å². The van der Waals surface area contributed by atoms with Crippen LogP contribution >= 0.6 is 0 Å². The number of anilines is 1. The lowest BCUT2D eigenvalue weighted by atomic mass is 10.1. The van der Waals surface area contributed by atoms with Gasteiger partial charge in [0.15, 0.2) is 0 Å². The lowest BCUT2D eigenvalue weighted by Crippen LogP contribution is -2.35. The molecule has 2 aromatic rings. The first kappa shape index (κ1) is 18.1. The van der Waals surface area contributed by atoms with Gasteiger partial charge in [-0.05, 0) is 49.2 Å². The van der Waals surface area contributed by atoms with Crippen LogP contribution in [-0.2, 0) is 10.0 Å². The van der Waals surface area contributed by atoms with Gasteiger partial charge in [-0.1, -0.05) is 18.6 Å². The lowest BCUT2D eigenvalue weighted by Gasteiger charge is -2.26. The number of nitrogens with one attached hydrogen (secondary N) is 1. The Balaban J connectivity index is 1.81. The number of nitriles is 1. The van der Waals surface area contributed by atoms with Crippen LogP contribution in [0.15, 0.2) is 53.4 Å². The molecule has 0 unspecified atom stereocenters. The van der Waals surface area contributed by atoms with E-state index >= 15 is 0 Å². The molecule has 1 heterocycles. The van der Waals surface area contributed by atoms with Gasteiger partial charge in [0.1, 0.15) is 0 Å². The minimum Gasteiger partial charge on any atom is -0.322 e. The molecule has 7 heteroatoms. The third-order valence-electron chi connectivity index (χ3n) is 4.30. The Labute approximate surface area is 153 Å². The molecule has 3 rings (SSSR count). The summed E-state index contributed by atoms with van der Waals surface area (Å²) in [4.78, 5) is 12.5. The highest BCUT2D eigenvalue weighted by molar-refractivity contribution is 7.89. The molecule has 1 aliphatic rings. The first-order valence-electron chi connectivity index (χ1n) is 8.42. The Morgan fingerprint density at radius 3 is 2.50 bits per heavy atom.